The average molecular weight is 249 g/mol. The van der Waals surface area contributed by atoms with E-state index in [1.807, 2.05) is 18.4 Å². The number of nitrogens with zero attached hydrogens (tertiary/aromatic N) is 2. The maximum atomic E-state index is 13.0. The van der Waals surface area contributed by atoms with Crippen LogP contribution in [-0.2, 0) is 6.54 Å². The zero-order valence-electron chi connectivity index (χ0n) is 9.35. The zero-order chi connectivity index (χ0) is 12.1. The van der Waals surface area contributed by atoms with Gasteiger partial charge in [-0.3, -0.25) is 0 Å². The molecule has 0 saturated heterocycles. The highest BCUT2D eigenvalue weighted by molar-refractivity contribution is 7.98. The number of hydrogen-bond donors (Lipinski definition) is 1. The molecule has 2 aromatic rings. The second kappa shape index (κ2) is 5.63. The van der Waals surface area contributed by atoms with Gasteiger partial charge in [-0.1, -0.05) is 12.1 Å². The third-order valence-electron chi connectivity index (χ3n) is 2.21. The van der Waals surface area contributed by atoms with Crippen molar-refractivity contribution in [3.8, 4) is 0 Å². The van der Waals surface area contributed by atoms with Gasteiger partial charge in [-0.2, -0.15) is 0 Å². The Kier molecular flexibility index (Phi) is 3.93. The SMILES string of the molecule is CSc1cc(NCc2cccc(F)c2)ncn1. The Balaban J connectivity index is 2.02. The molecule has 0 radical (unpaired) electrons. The molecule has 3 nitrogen and oxygen atoms in total. The third-order valence-corrected chi connectivity index (χ3v) is 2.86. The van der Waals surface area contributed by atoms with Gasteiger partial charge < -0.3 is 5.32 Å². The molecule has 0 aliphatic carbocycles. The maximum absolute atomic E-state index is 13.0. The first-order chi connectivity index (χ1) is 8.28. The van der Waals surface area contributed by atoms with Crippen LogP contribution >= 0.6 is 11.8 Å². The molecule has 0 spiro atoms. The third kappa shape index (κ3) is 3.42. The van der Waals surface area contributed by atoms with Crippen molar-refractivity contribution in [2.45, 2.75) is 11.6 Å². The minimum Gasteiger partial charge on any atom is -0.366 e. The summed E-state index contributed by atoms with van der Waals surface area (Å²) in [5.74, 6) is 0.519. The smallest absolute Gasteiger partial charge is 0.130 e. The van der Waals surface area contributed by atoms with Crippen LogP contribution in [0.3, 0.4) is 0 Å². The van der Waals surface area contributed by atoms with Gasteiger partial charge in [-0.15, -0.1) is 11.8 Å². The first-order valence-corrected chi connectivity index (χ1v) is 6.35. The summed E-state index contributed by atoms with van der Waals surface area (Å²) in [6, 6.07) is 8.36. The van der Waals surface area contributed by atoms with Crippen LogP contribution in [0.5, 0.6) is 0 Å². The zero-order valence-corrected chi connectivity index (χ0v) is 10.2. The van der Waals surface area contributed by atoms with Crippen molar-refractivity contribution in [1.82, 2.24) is 9.97 Å². The van der Waals surface area contributed by atoms with Gasteiger partial charge in [0.2, 0.25) is 0 Å². The molecule has 0 bridgehead atoms. The van der Waals surface area contributed by atoms with Crippen LogP contribution in [0.25, 0.3) is 0 Å². The second-order valence-corrected chi connectivity index (χ2v) is 4.26. The van der Waals surface area contributed by atoms with E-state index in [4.69, 9.17) is 0 Å². The predicted octanol–water partition coefficient (Wildman–Crippen LogP) is 2.95. The molecular weight excluding hydrogens is 237 g/mol. The van der Waals surface area contributed by atoms with Gasteiger partial charge >= 0.3 is 0 Å². The van der Waals surface area contributed by atoms with Crippen LogP contribution in [0.15, 0.2) is 41.7 Å². The number of benzene rings is 1. The van der Waals surface area contributed by atoms with Crippen molar-refractivity contribution in [2.24, 2.45) is 0 Å². The molecule has 0 aliphatic rings. The normalized spacial score (nSPS) is 10.2. The molecule has 2 rings (SSSR count). The lowest BCUT2D eigenvalue weighted by Crippen LogP contribution is -2.02. The van der Waals surface area contributed by atoms with Gasteiger partial charge in [-0.25, -0.2) is 14.4 Å². The van der Waals surface area contributed by atoms with Crippen LogP contribution in [0.1, 0.15) is 5.56 Å². The van der Waals surface area contributed by atoms with Crippen LogP contribution in [0, 0.1) is 5.82 Å². The number of hydrogen-bond acceptors (Lipinski definition) is 4. The molecule has 0 aliphatic heterocycles. The molecule has 0 fully saturated rings. The fourth-order valence-corrected chi connectivity index (χ4v) is 1.77. The van der Waals surface area contributed by atoms with Gasteiger partial charge in [0.15, 0.2) is 0 Å². The Morgan fingerprint density at radius 3 is 2.94 bits per heavy atom. The molecule has 1 aromatic heterocycles. The highest BCUT2D eigenvalue weighted by atomic mass is 32.2. The lowest BCUT2D eigenvalue weighted by molar-refractivity contribution is 0.626. The summed E-state index contributed by atoms with van der Waals surface area (Å²) in [5.41, 5.74) is 0.884. The van der Waals surface area contributed by atoms with Crippen molar-refractivity contribution in [3.63, 3.8) is 0 Å². The molecule has 0 atom stereocenters. The Morgan fingerprint density at radius 1 is 1.29 bits per heavy atom. The molecule has 0 saturated carbocycles. The molecule has 0 amide bonds. The molecule has 88 valence electrons. The predicted molar refractivity (Wildman–Crippen MR) is 67.5 cm³/mol. The number of anilines is 1. The standard InChI is InChI=1S/C12H12FN3S/c1-17-12-6-11(15-8-16-12)14-7-9-3-2-4-10(13)5-9/h2-6,8H,7H2,1H3,(H,14,15,16). The lowest BCUT2D eigenvalue weighted by atomic mass is 10.2. The molecule has 5 heteroatoms. The van der Waals surface area contributed by atoms with Crippen molar-refractivity contribution in [3.05, 3.63) is 48.0 Å². The average Bonchev–Trinajstić information content (AvgIpc) is 2.37. The monoisotopic (exact) mass is 249 g/mol. The summed E-state index contributed by atoms with van der Waals surface area (Å²) in [4.78, 5) is 8.17. The second-order valence-electron chi connectivity index (χ2n) is 3.43. The molecule has 1 heterocycles. The summed E-state index contributed by atoms with van der Waals surface area (Å²) in [7, 11) is 0. The van der Waals surface area contributed by atoms with Crippen LogP contribution in [0.2, 0.25) is 0 Å². The first kappa shape index (κ1) is 11.9. The lowest BCUT2D eigenvalue weighted by Gasteiger charge is -2.06. The van der Waals surface area contributed by atoms with Gasteiger partial charge in [0.05, 0.1) is 0 Å². The maximum Gasteiger partial charge on any atom is 0.130 e. The van der Waals surface area contributed by atoms with E-state index in [1.165, 1.54) is 18.5 Å². The molecule has 1 N–H and O–H groups in total. The summed E-state index contributed by atoms with van der Waals surface area (Å²) >= 11 is 1.56. The van der Waals surface area contributed by atoms with E-state index in [9.17, 15) is 4.39 Å². The van der Waals surface area contributed by atoms with Gasteiger partial charge in [0, 0.05) is 12.6 Å². The Labute approximate surface area is 103 Å². The fourth-order valence-electron chi connectivity index (χ4n) is 1.39. The number of thioether (sulfide) groups is 1. The van der Waals surface area contributed by atoms with E-state index in [0.717, 1.165) is 16.4 Å². The van der Waals surface area contributed by atoms with Gasteiger partial charge in [-0.05, 0) is 24.0 Å². The van der Waals surface area contributed by atoms with Gasteiger partial charge in [0.25, 0.3) is 0 Å². The summed E-state index contributed by atoms with van der Waals surface area (Å²) < 4.78 is 13.0. The molecule has 1 aromatic carbocycles. The summed E-state index contributed by atoms with van der Waals surface area (Å²) in [6.07, 6.45) is 3.47. The van der Waals surface area contributed by atoms with E-state index < -0.39 is 0 Å². The summed E-state index contributed by atoms with van der Waals surface area (Å²) in [6.45, 7) is 0.544. The van der Waals surface area contributed by atoms with Gasteiger partial charge in [0.1, 0.15) is 23.0 Å². The fraction of sp³-hybridized carbons (Fsp3) is 0.167. The van der Waals surface area contributed by atoms with E-state index in [2.05, 4.69) is 15.3 Å². The Bertz CT molecular complexity index is 505. The van der Waals surface area contributed by atoms with E-state index in [0.29, 0.717) is 6.54 Å². The van der Waals surface area contributed by atoms with E-state index >= 15 is 0 Å². The van der Waals surface area contributed by atoms with Crippen molar-refractivity contribution in [2.75, 3.05) is 11.6 Å². The number of nitrogens with one attached hydrogen (secondary N) is 1. The Morgan fingerprint density at radius 2 is 2.18 bits per heavy atom. The van der Waals surface area contributed by atoms with Crippen LogP contribution in [-0.4, -0.2) is 16.2 Å². The molecule has 0 unspecified atom stereocenters. The minimum absolute atomic E-state index is 0.225. The summed E-state index contributed by atoms with van der Waals surface area (Å²) in [5, 5.41) is 4.04. The number of halogens is 1. The van der Waals surface area contributed by atoms with E-state index in [-0.39, 0.29) is 5.82 Å². The quantitative estimate of drug-likeness (QED) is 0.668. The highest BCUT2D eigenvalue weighted by Crippen LogP contribution is 2.14. The molecule has 17 heavy (non-hydrogen) atoms. The topological polar surface area (TPSA) is 37.8 Å². The van der Waals surface area contributed by atoms with Crippen molar-refractivity contribution in [1.29, 1.82) is 0 Å². The minimum atomic E-state index is -0.225. The number of aromatic nitrogens is 2. The largest absolute Gasteiger partial charge is 0.366 e. The van der Waals surface area contributed by atoms with Crippen molar-refractivity contribution < 1.29 is 4.39 Å². The Hall–Kier alpha value is -1.62. The van der Waals surface area contributed by atoms with Crippen LogP contribution < -0.4 is 5.32 Å². The first-order valence-electron chi connectivity index (χ1n) is 5.12. The van der Waals surface area contributed by atoms with E-state index in [1.54, 1.807) is 17.8 Å². The highest BCUT2D eigenvalue weighted by Gasteiger charge is 1.98. The van der Waals surface area contributed by atoms with Crippen LogP contribution in [0.4, 0.5) is 10.2 Å². The molecular formula is C12H12FN3S. The van der Waals surface area contributed by atoms with Crippen molar-refractivity contribution >= 4 is 17.6 Å². The number of rotatable bonds is 4.